The first-order valence-electron chi connectivity index (χ1n) is 13.5. The molecule has 1 aromatic carbocycles. The summed E-state index contributed by atoms with van der Waals surface area (Å²) in [6.45, 7) is 1.59. The first-order chi connectivity index (χ1) is 18.8. The third-order valence-corrected chi connectivity index (χ3v) is 7.89. The molecule has 206 valence electrons. The molecule has 0 radical (unpaired) electrons. The zero-order valence-electron chi connectivity index (χ0n) is 21.7. The van der Waals surface area contributed by atoms with Crippen molar-refractivity contribution in [2.75, 3.05) is 23.3 Å². The Hall–Kier alpha value is -3.69. The van der Waals surface area contributed by atoms with Gasteiger partial charge in [0, 0.05) is 30.9 Å². The molecule has 1 amide bonds. The molecular formula is C29H33F3N6O. The first-order valence-corrected chi connectivity index (χ1v) is 13.5. The summed E-state index contributed by atoms with van der Waals surface area (Å²) >= 11 is 0. The first kappa shape index (κ1) is 26.9. The van der Waals surface area contributed by atoms with E-state index in [1.165, 1.54) is 18.8 Å². The number of benzene rings is 1. The Morgan fingerprint density at radius 2 is 1.77 bits per heavy atom. The predicted molar refractivity (Wildman–Crippen MR) is 144 cm³/mol. The summed E-state index contributed by atoms with van der Waals surface area (Å²) in [5.41, 5.74) is 8.44. The van der Waals surface area contributed by atoms with Crippen LogP contribution in [0.25, 0.3) is 11.1 Å². The van der Waals surface area contributed by atoms with E-state index in [-0.39, 0.29) is 0 Å². The van der Waals surface area contributed by atoms with E-state index in [2.05, 4.69) is 25.2 Å². The molecule has 1 saturated carbocycles. The number of carbonyl (C=O) groups is 1. The number of anilines is 2. The molecule has 3 atom stereocenters. The topological polar surface area (TPSA) is 97.0 Å². The van der Waals surface area contributed by atoms with Gasteiger partial charge in [-0.3, -0.25) is 4.79 Å². The number of carbonyl (C=O) groups excluding carboxylic acids is 1. The Morgan fingerprint density at radius 3 is 2.54 bits per heavy atom. The molecule has 0 spiro atoms. The van der Waals surface area contributed by atoms with Crippen LogP contribution < -0.4 is 16.0 Å². The molecule has 10 heteroatoms. The standard InChI is InChI=1S/C29H33F3N6O/c30-29(31,32)28-35-16-24(17-36-28)38-12-4-5-19(18-38)13-22-6-1-2-9-25(22)37-26-15-21(10-11-34-26)20-7-3-8-23(14-20)27(33)39/h3,7-8,10-11,14-17,19,22,25H,1-2,4-6,9,12-13,18H2,(H2,33,39)(H,34,37)/t19-,22+,25-/m1/s1. The number of nitrogens with zero attached hydrogens (tertiary/aromatic N) is 4. The smallest absolute Gasteiger partial charge is 0.369 e. The summed E-state index contributed by atoms with van der Waals surface area (Å²) in [7, 11) is 0. The second kappa shape index (κ2) is 11.6. The van der Waals surface area contributed by atoms with Gasteiger partial charge in [-0.1, -0.05) is 25.0 Å². The lowest BCUT2D eigenvalue weighted by atomic mass is 9.77. The molecule has 7 nitrogen and oxygen atoms in total. The lowest BCUT2D eigenvalue weighted by molar-refractivity contribution is -0.145. The van der Waals surface area contributed by atoms with Crippen LogP contribution >= 0.6 is 0 Å². The van der Waals surface area contributed by atoms with Gasteiger partial charge in [0.1, 0.15) is 5.82 Å². The minimum atomic E-state index is -4.53. The van der Waals surface area contributed by atoms with Crippen LogP contribution in [-0.2, 0) is 6.18 Å². The number of aromatic nitrogens is 3. The highest BCUT2D eigenvalue weighted by Gasteiger charge is 2.35. The Kier molecular flexibility index (Phi) is 7.99. The van der Waals surface area contributed by atoms with Crippen LogP contribution in [0.1, 0.15) is 61.1 Å². The lowest BCUT2D eigenvalue weighted by Gasteiger charge is -2.39. The van der Waals surface area contributed by atoms with Crippen LogP contribution in [0.3, 0.4) is 0 Å². The van der Waals surface area contributed by atoms with Crippen molar-refractivity contribution in [3.8, 4) is 11.1 Å². The molecule has 2 aromatic heterocycles. The maximum atomic E-state index is 12.9. The Morgan fingerprint density at radius 1 is 1.00 bits per heavy atom. The molecule has 5 rings (SSSR count). The van der Waals surface area contributed by atoms with Gasteiger partial charge in [-0.15, -0.1) is 0 Å². The number of primary amides is 1. The molecule has 1 aliphatic heterocycles. The number of hydrogen-bond donors (Lipinski definition) is 2. The summed E-state index contributed by atoms with van der Waals surface area (Å²) < 4.78 is 38.6. The average molecular weight is 539 g/mol. The molecule has 1 aliphatic carbocycles. The van der Waals surface area contributed by atoms with Crippen LogP contribution in [0.2, 0.25) is 0 Å². The fourth-order valence-corrected chi connectivity index (χ4v) is 5.96. The van der Waals surface area contributed by atoms with E-state index in [4.69, 9.17) is 5.73 Å². The van der Waals surface area contributed by atoms with E-state index in [1.807, 2.05) is 24.3 Å². The van der Waals surface area contributed by atoms with E-state index in [9.17, 15) is 18.0 Å². The van der Waals surface area contributed by atoms with Crippen LogP contribution in [0.5, 0.6) is 0 Å². The third kappa shape index (κ3) is 6.66. The van der Waals surface area contributed by atoms with Gasteiger partial charge in [-0.25, -0.2) is 15.0 Å². The zero-order chi connectivity index (χ0) is 27.4. The highest BCUT2D eigenvalue weighted by molar-refractivity contribution is 5.94. The molecule has 0 bridgehead atoms. The van der Waals surface area contributed by atoms with E-state index in [0.717, 1.165) is 68.6 Å². The highest BCUT2D eigenvalue weighted by Crippen LogP contribution is 2.36. The van der Waals surface area contributed by atoms with Crippen molar-refractivity contribution in [2.45, 2.75) is 57.2 Å². The predicted octanol–water partition coefficient (Wildman–Crippen LogP) is 5.93. The third-order valence-electron chi connectivity index (χ3n) is 7.89. The van der Waals surface area contributed by atoms with Crippen molar-refractivity contribution < 1.29 is 18.0 Å². The van der Waals surface area contributed by atoms with Crippen molar-refractivity contribution in [3.05, 3.63) is 66.4 Å². The number of pyridine rings is 1. The largest absolute Gasteiger partial charge is 0.451 e. The molecule has 3 N–H and O–H groups in total. The minimum absolute atomic E-state index is 0.295. The quantitative estimate of drug-likeness (QED) is 0.387. The normalized spacial score (nSPS) is 21.9. The van der Waals surface area contributed by atoms with Crippen molar-refractivity contribution >= 4 is 17.4 Å². The second-order valence-corrected chi connectivity index (χ2v) is 10.6. The van der Waals surface area contributed by atoms with E-state index in [1.54, 1.807) is 18.3 Å². The van der Waals surface area contributed by atoms with Gasteiger partial charge in [0.2, 0.25) is 11.7 Å². The lowest BCUT2D eigenvalue weighted by Crippen LogP contribution is -2.39. The fraction of sp³-hybridized carbons (Fsp3) is 0.448. The van der Waals surface area contributed by atoms with Crippen LogP contribution in [-0.4, -0.2) is 40.0 Å². The molecule has 2 aliphatic rings. The number of amides is 1. The Balaban J connectivity index is 1.24. The van der Waals surface area contributed by atoms with Gasteiger partial charge < -0.3 is 16.0 Å². The Bertz CT molecular complexity index is 1280. The van der Waals surface area contributed by atoms with Crippen molar-refractivity contribution in [2.24, 2.45) is 17.6 Å². The summed E-state index contributed by atoms with van der Waals surface area (Å²) in [6.07, 6.45) is 7.53. The van der Waals surface area contributed by atoms with Gasteiger partial charge in [0.05, 0.1) is 18.1 Å². The SMILES string of the molecule is NC(=O)c1cccc(-c2ccnc(N[C@@H]3CCCC[C@H]3C[C@H]3CCCN(c4cnc(C(F)(F)F)nc4)C3)c2)c1. The number of nitrogens with one attached hydrogen (secondary N) is 1. The van der Waals surface area contributed by atoms with Gasteiger partial charge in [0.15, 0.2) is 0 Å². The van der Waals surface area contributed by atoms with Crippen molar-refractivity contribution in [3.63, 3.8) is 0 Å². The summed E-state index contributed by atoms with van der Waals surface area (Å²) in [6, 6.07) is 11.5. The van der Waals surface area contributed by atoms with Crippen LogP contribution in [0, 0.1) is 11.8 Å². The maximum absolute atomic E-state index is 12.9. The van der Waals surface area contributed by atoms with Gasteiger partial charge in [0.25, 0.3) is 0 Å². The van der Waals surface area contributed by atoms with E-state index < -0.39 is 17.9 Å². The second-order valence-electron chi connectivity index (χ2n) is 10.6. The summed E-state index contributed by atoms with van der Waals surface area (Å²) in [5.74, 6) is 0.178. The van der Waals surface area contributed by atoms with E-state index in [0.29, 0.717) is 29.1 Å². The summed E-state index contributed by atoms with van der Waals surface area (Å²) in [4.78, 5) is 25.4. The molecule has 39 heavy (non-hydrogen) atoms. The number of nitrogens with two attached hydrogens (primary N) is 1. The summed E-state index contributed by atoms with van der Waals surface area (Å²) in [5, 5.41) is 3.69. The number of halogens is 3. The number of rotatable bonds is 7. The number of alkyl halides is 3. The fourth-order valence-electron chi connectivity index (χ4n) is 5.96. The van der Waals surface area contributed by atoms with Crippen molar-refractivity contribution in [1.29, 1.82) is 0 Å². The molecule has 3 heterocycles. The van der Waals surface area contributed by atoms with Gasteiger partial charge in [-0.05, 0) is 79.3 Å². The Labute approximate surface area is 226 Å². The highest BCUT2D eigenvalue weighted by atomic mass is 19.4. The molecule has 2 fully saturated rings. The zero-order valence-corrected chi connectivity index (χ0v) is 21.7. The molecule has 1 saturated heterocycles. The monoisotopic (exact) mass is 538 g/mol. The van der Waals surface area contributed by atoms with Crippen LogP contribution in [0.15, 0.2) is 55.0 Å². The minimum Gasteiger partial charge on any atom is -0.369 e. The number of hydrogen-bond acceptors (Lipinski definition) is 6. The van der Waals surface area contributed by atoms with Crippen molar-refractivity contribution in [1.82, 2.24) is 15.0 Å². The molecular weight excluding hydrogens is 505 g/mol. The maximum Gasteiger partial charge on any atom is 0.451 e. The van der Waals surface area contributed by atoms with Gasteiger partial charge >= 0.3 is 6.18 Å². The molecule has 0 unspecified atom stereocenters. The van der Waals surface area contributed by atoms with Crippen LogP contribution in [0.4, 0.5) is 24.7 Å². The van der Waals surface area contributed by atoms with Gasteiger partial charge in [-0.2, -0.15) is 13.2 Å². The molecule has 3 aromatic rings. The average Bonchev–Trinajstić information content (AvgIpc) is 2.94. The number of piperidine rings is 1. The van der Waals surface area contributed by atoms with E-state index >= 15 is 0 Å².